The van der Waals surface area contributed by atoms with Gasteiger partial charge < -0.3 is 19.7 Å². The first kappa shape index (κ1) is 28.8. The number of rotatable bonds is 11. The normalized spacial score (nSPS) is 11.8. The largest absolute Gasteiger partial charge is 0.493 e. The third kappa shape index (κ3) is 6.56. The van der Waals surface area contributed by atoms with E-state index in [1.807, 2.05) is 0 Å². The van der Waals surface area contributed by atoms with E-state index in [4.69, 9.17) is 21.1 Å². The second-order valence-electron chi connectivity index (χ2n) is 8.30. The number of methoxy groups -OCH3 is 2. The van der Waals surface area contributed by atoms with Crippen molar-refractivity contribution in [2.45, 2.75) is 24.4 Å². The van der Waals surface area contributed by atoms with Gasteiger partial charge in [-0.25, -0.2) is 8.42 Å². The number of nitrogens with one attached hydrogen (secondary N) is 1. The molecule has 3 rings (SSSR count). The standard InChI is InChI=1S/C27H30ClN3O6S/c1-19(27(33)29-2)30(17-20-10-12-21(28)13-11-20)26(32)18-31(38(34,35)23-8-6-5-7-9-23)22-14-15-24(36-3)25(16-22)37-4/h5-16,19H,17-18H2,1-4H3,(H,29,33)/t19-/m0/s1. The van der Waals surface area contributed by atoms with Crippen molar-refractivity contribution in [3.05, 3.63) is 83.4 Å². The Bertz CT molecular complexity index is 1370. The Labute approximate surface area is 228 Å². The van der Waals surface area contributed by atoms with Crippen LogP contribution in [0.15, 0.2) is 77.7 Å². The van der Waals surface area contributed by atoms with Crippen LogP contribution in [-0.2, 0) is 26.2 Å². The zero-order valence-corrected chi connectivity index (χ0v) is 23.1. The van der Waals surface area contributed by atoms with Gasteiger partial charge in [-0.15, -0.1) is 0 Å². The molecule has 0 saturated carbocycles. The molecule has 0 aliphatic heterocycles. The summed E-state index contributed by atoms with van der Waals surface area (Å²) in [5.41, 5.74) is 0.918. The lowest BCUT2D eigenvalue weighted by atomic mass is 10.1. The predicted octanol–water partition coefficient (Wildman–Crippen LogP) is 3.72. The molecule has 0 heterocycles. The van der Waals surface area contributed by atoms with Crippen LogP contribution in [0.4, 0.5) is 5.69 Å². The number of carbonyl (C=O) groups excluding carboxylic acids is 2. The summed E-state index contributed by atoms with van der Waals surface area (Å²) < 4.78 is 39.2. The number of hydrogen-bond donors (Lipinski definition) is 1. The van der Waals surface area contributed by atoms with E-state index in [0.29, 0.717) is 16.5 Å². The smallest absolute Gasteiger partial charge is 0.264 e. The van der Waals surface area contributed by atoms with Crippen LogP contribution >= 0.6 is 11.6 Å². The van der Waals surface area contributed by atoms with Crippen molar-refractivity contribution >= 4 is 39.1 Å². The van der Waals surface area contributed by atoms with Gasteiger partial charge in [0.2, 0.25) is 11.8 Å². The number of likely N-dealkylation sites (N-methyl/N-ethyl adjacent to an activating group) is 1. The number of benzene rings is 3. The van der Waals surface area contributed by atoms with Crippen molar-refractivity contribution in [1.29, 1.82) is 0 Å². The van der Waals surface area contributed by atoms with Crippen LogP contribution in [0.1, 0.15) is 12.5 Å². The van der Waals surface area contributed by atoms with Crippen LogP contribution in [0, 0.1) is 0 Å². The fraction of sp³-hybridized carbons (Fsp3) is 0.259. The molecule has 0 radical (unpaired) electrons. The summed E-state index contributed by atoms with van der Waals surface area (Å²) in [5, 5.41) is 3.07. The minimum absolute atomic E-state index is 0.00573. The zero-order valence-electron chi connectivity index (χ0n) is 21.5. The first-order valence-electron chi connectivity index (χ1n) is 11.7. The Morgan fingerprint density at radius 1 is 0.947 bits per heavy atom. The van der Waals surface area contributed by atoms with Gasteiger partial charge in [0.1, 0.15) is 12.6 Å². The minimum Gasteiger partial charge on any atom is -0.493 e. The summed E-state index contributed by atoms with van der Waals surface area (Å²) in [6.07, 6.45) is 0. The third-order valence-corrected chi connectivity index (χ3v) is 7.99. The Hall–Kier alpha value is -3.76. The quantitative estimate of drug-likeness (QED) is 0.384. The zero-order chi connectivity index (χ0) is 27.9. The first-order chi connectivity index (χ1) is 18.1. The van der Waals surface area contributed by atoms with E-state index in [1.54, 1.807) is 55.5 Å². The molecule has 3 aromatic rings. The molecule has 202 valence electrons. The van der Waals surface area contributed by atoms with Gasteiger partial charge in [-0.05, 0) is 48.9 Å². The Morgan fingerprint density at radius 2 is 1.58 bits per heavy atom. The number of sulfonamides is 1. The number of nitrogens with zero attached hydrogens (tertiary/aromatic N) is 2. The van der Waals surface area contributed by atoms with Crippen LogP contribution in [0.25, 0.3) is 0 Å². The average Bonchev–Trinajstić information content (AvgIpc) is 2.94. The molecule has 3 aromatic carbocycles. The Balaban J connectivity index is 2.07. The maximum atomic E-state index is 13.8. The molecule has 0 spiro atoms. The summed E-state index contributed by atoms with van der Waals surface area (Å²) in [7, 11) is 0.185. The molecule has 0 saturated heterocycles. The van der Waals surface area contributed by atoms with E-state index in [1.165, 1.54) is 50.4 Å². The highest BCUT2D eigenvalue weighted by atomic mass is 35.5. The van der Waals surface area contributed by atoms with Crippen LogP contribution < -0.4 is 19.1 Å². The van der Waals surface area contributed by atoms with Gasteiger partial charge in [0.05, 0.1) is 24.8 Å². The molecule has 1 atom stereocenters. The molecular weight excluding hydrogens is 530 g/mol. The molecular formula is C27H30ClN3O6S. The van der Waals surface area contributed by atoms with Crippen LogP contribution in [0.5, 0.6) is 11.5 Å². The van der Waals surface area contributed by atoms with Crippen LogP contribution in [0.3, 0.4) is 0 Å². The van der Waals surface area contributed by atoms with Gasteiger partial charge in [-0.2, -0.15) is 0 Å². The number of halogens is 1. The molecule has 11 heteroatoms. The van der Waals surface area contributed by atoms with Crippen LogP contribution in [-0.4, -0.2) is 59.0 Å². The molecule has 0 bridgehead atoms. The molecule has 38 heavy (non-hydrogen) atoms. The number of anilines is 1. The molecule has 0 aliphatic carbocycles. The maximum absolute atomic E-state index is 13.8. The van der Waals surface area contributed by atoms with Gasteiger partial charge in [0.25, 0.3) is 10.0 Å². The maximum Gasteiger partial charge on any atom is 0.264 e. The van der Waals surface area contributed by atoms with Crippen molar-refractivity contribution in [3.8, 4) is 11.5 Å². The highest BCUT2D eigenvalue weighted by Crippen LogP contribution is 2.34. The summed E-state index contributed by atoms with van der Waals surface area (Å²) in [4.78, 5) is 27.7. The fourth-order valence-corrected chi connectivity index (χ4v) is 5.36. The molecule has 0 unspecified atom stereocenters. The third-order valence-electron chi connectivity index (χ3n) is 5.95. The average molecular weight is 560 g/mol. The van der Waals surface area contributed by atoms with E-state index >= 15 is 0 Å². The summed E-state index contributed by atoms with van der Waals surface area (Å²) in [5.74, 6) is -0.277. The van der Waals surface area contributed by atoms with Crippen molar-refractivity contribution in [2.24, 2.45) is 0 Å². The molecule has 0 aromatic heterocycles. The first-order valence-corrected chi connectivity index (χ1v) is 13.5. The van der Waals surface area contributed by atoms with Gasteiger partial charge in [-0.3, -0.25) is 13.9 Å². The summed E-state index contributed by atoms with van der Waals surface area (Å²) in [6.45, 7) is 1.08. The van der Waals surface area contributed by atoms with E-state index < -0.39 is 34.4 Å². The van der Waals surface area contributed by atoms with Gasteiger partial charge >= 0.3 is 0 Å². The van der Waals surface area contributed by atoms with E-state index in [0.717, 1.165) is 9.87 Å². The van der Waals surface area contributed by atoms with Crippen molar-refractivity contribution in [3.63, 3.8) is 0 Å². The minimum atomic E-state index is -4.19. The van der Waals surface area contributed by atoms with Crippen molar-refractivity contribution in [1.82, 2.24) is 10.2 Å². The number of hydrogen-bond acceptors (Lipinski definition) is 6. The van der Waals surface area contributed by atoms with E-state index in [2.05, 4.69) is 5.32 Å². The lowest BCUT2D eigenvalue weighted by molar-refractivity contribution is -0.139. The van der Waals surface area contributed by atoms with E-state index in [-0.39, 0.29) is 17.1 Å². The Morgan fingerprint density at radius 3 is 2.16 bits per heavy atom. The highest BCUT2D eigenvalue weighted by molar-refractivity contribution is 7.92. The Kier molecular flexibility index (Phi) is 9.60. The SMILES string of the molecule is CNC(=O)[C@H](C)N(Cc1ccc(Cl)cc1)C(=O)CN(c1ccc(OC)c(OC)c1)S(=O)(=O)c1ccccc1. The molecule has 9 nitrogen and oxygen atoms in total. The van der Waals surface area contributed by atoms with Gasteiger partial charge in [0, 0.05) is 24.7 Å². The lowest BCUT2D eigenvalue weighted by Gasteiger charge is -2.32. The molecule has 0 fully saturated rings. The van der Waals surface area contributed by atoms with Gasteiger partial charge in [0.15, 0.2) is 11.5 Å². The monoisotopic (exact) mass is 559 g/mol. The van der Waals surface area contributed by atoms with Crippen molar-refractivity contribution < 1.29 is 27.5 Å². The number of amides is 2. The number of ether oxygens (including phenoxy) is 2. The molecule has 0 aliphatic rings. The highest BCUT2D eigenvalue weighted by Gasteiger charge is 2.32. The van der Waals surface area contributed by atoms with Crippen molar-refractivity contribution in [2.75, 3.05) is 32.1 Å². The number of carbonyl (C=O) groups is 2. The van der Waals surface area contributed by atoms with Gasteiger partial charge in [-0.1, -0.05) is 41.9 Å². The summed E-state index contributed by atoms with van der Waals surface area (Å²) in [6, 6.07) is 18.3. The summed E-state index contributed by atoms with van der Waals surface area (Å²) >= 11 is 6.00. The second kappa shape index (κ2) is 12.7. The topological polar surface area (TPSA) is 105 Å². The lowest BCUT2D eigenvalue weighted by Crippen LogP contribution is -2.50. The van der Waals surface area contributed by atoms with E-state index in [9.17, 15) is 18.0 Å². The van der Waals surface area contributed by atoms with Crippen LogP contribution in [0.2, 0.25) is 5.02 Å². The molecule has 2 amide bonds. The fourth-order valence-electron chi connectivity index (χ4n) is 3.81. The molecule has 1 N–H and O–H groups in total. The second-order valence-corrected chi connectivity index (χ2v) is 10.6. The predicted molar refractivity (Wildman–Crippen MR) is 146 cm³/mol.